The quantitative estimate of drug-likeness (QED) is 0.694. The highest BCUT2D eigenvalue weighted by molar-refractivity contribution is 8.17. The number of hydrogen-bond acceptors (Lipinski definition) is 4. The van der Waals surface area contributed by atoms with Crippen LogP contribution >= 0.6 is 19.1 Å². The van der Waals surface area contributed by atoms with Gasteiger partial charge in [-0.25, -0.2) is 4.67 Å². The van der Waals surface area contributed by atoms with Crippen molar-refractivity contribution in [3.8, 4) is 0 Å². The number of hydrogen-bond donors (Lipinski definition) is 2. The van der Waals surface area contributed by atoms with E-state index in [1.165, 1.54) is 0 Å². The van der Waals surface area contributed by atoms with Crippen molar-refractivity contribution >= 4 is 28.9 Å². The summed E-state index contributed by atoms with van der Waals surface area (Å²) in [6, 6.07) is 19.7. The second-order valence-corrected chi connectivity index (χ2v) is 9.40. The molecule has 3 rings (SSSR count). The van der Waals surface area contributed by atoms with E-state index in [0.717, 1.165) is 20.9 Å². The SMILES string of the molecule is O=P1(N(CCO)CCO)C=C(c2ccccc2)SC(c2ccccc2)=C1. The number of aliphatic hydroxyl groups excluding tert-OH is 2. The largest absolute Gasteiger partial charge is 0.395 e. The molecule has 0 aliphatic carbocycles. The number of rotatable bonds is 7. The Morgan fingerprint density at radius 2 is 1.19 bits per heavy atom. The van der Waals surface area contributed by atoms with Gasteiger partial charge in [0.05, 0.1) is 13.2 Å². The maximum Gasteiger partial charge on any atom is 0.195 e. The Bertz CT molecular complexity index is 771. The number of aliphatic hydroxyl groups is 2. The van der Waals surface area contributed by atoms with Crippen LogP contribution < -0.4 is 0 Å². The molecule has 136 valence electrons. The lowest BCUT2D eigenvalue weighted by Gasteiger charge is -2.30. The summed E-state index contributed by atoms with van der Waals surface area (Å²) in [6.07, 6.45) is 0. The molecule has 0 fully saturated rings. The van der Waals surface area contributed by atoms with Gasteiger partial charge in [-0.15, -0.1) is 0 Å². The smallest absolute Gasteiger partial charge is 0.195 e. The zero-order valence-electron chi connectivity index (χ0n) is 14.4. The van der Waals surface area contributed by atoms with Crippen molar-refractivity contribution in [3.63, 3.8) is 0 Å². The molecule has 0 radical (unpaired) electrons. The van der Waals surface area contributed by atoms with Gasteiger partial charge in [0.2, 0.25) is 0 Å². The van der Waals surface area contributed by atoms with Crippen molar-refractivity contribution in [1.82, 2.24) is 4.67 Å². The summed E-state index contributed by atoms with van der Waals surface area (Å²) in [6.45, 7) is 0.277. The fourth-order valence-electron chi connectivity index (χ4n) is 2.83. The fourth-order valence-corrected chi connectivity index (χ4v) is 7.08. The van der Waals surface area contributed by atoms with Gasteiger partial charge in [0.15, 0.2) is 7.29 Å². The van der Waals surface area contributed by atoms with Crippen molar-refractivity contribution in [1.29, 1.82) is 0 Å². The Kier molecular flexibility index (Phi) is 6.52. The molecule has 0 spiro atoms. The molecule has 1 heterocycles. The van der Waals surface area contributed by atoms with Crippen molar-refractivity contribution in [2.75, 3.05) is 26.3 Å². The van der Waals surface area contributed by atoms with E-state index in [0.29, 0.717) is 0 Å². The van der Waals surface area contributed by atoms with E-state index in [-0.39, 0.29) is 26.3 Å². The number of thioether (sulfide) groups is 1. The molecule has 0 saturated carbocycles. The molecule has 1 aliphatic heterocycles. The van der Waals surface area contributed by atoms with Crippen LogP contribution in [-0.2, 0) is 4.57 Å². The minimum atomic E-state index is -3.03. The first-order valence-corrected chi connectivity index (χ1v) is 11.1. The lowest BCUT2D eigenvalue weighted by molar-refractivity contribution is 0.218. The normalized spacial score (nSPS) is 16.3. The van der Waals surface area contributed by atoms with E-state index >= 15 is 0 Å². The summed E-state index contributed by atoms with van der Waals surface area (Å²) in [5, 5.41) is 18.8. The van der Waals surface area contributed by atoms with E-state index in [1.807, 2.05) is 60.7 Å². The predicted octanol–water partition coefficient (Wildman–Crippen LogP) is 4.30. The van der Waals surface area contributed by atoms with Crippen LogP contribution in [0.5, 0.6) is 0 Å². The Morgan fingerprint density at radius 3 is 1.58 bits per heavy atom. The third-order valence-electron chi connectivity index (χ3n) is 4.10. The molecule has 0 bridgehead atoms. The summed E-state index contributed by atoms with van der Waals surface area (Å²) < 4.78 is 15.5. The van der Waals surface area contributed by atoms with Gasteiger partial charge in [-0.2, -0.15) is 0 Å². The van der Waals surface area contributed by atoms with Crippen LogP contribution in [0.2, 0.25) is 0 Å². The van der Waals surface area contributed by atoms with Crippen molar-refractivity contribution < 1.29 is 14.8 Å². The van der Waals surface area contributed by atoms with Crippen LogP contribution in [0.15, 0.2) is 72.3 Å². The third-order valence-corrected chi connectivity index (χ3v) is 8.14. The highest BCUT2D eigenvalue weighted by Crippen LogP contribution is 2.62. The van der Waals surface area contributed by atoms with Gasteiger partial charge < -0.3 is 10.2 Å². The zero-order chi connectivity index (χ0) is 18.4. The number of nitrogens with zero attached hydrogens (tertiary/aromatic N) is 1. The molecule has 0 atom stereocenters. The molecule has 6 heteroatoms. The van der Waals surface area contributed by atoms with Crippen LogP contribution in [0.1, 0.15) is 11.1 Å². The number of benzene rings is 2. The summed E-state index contributed by atoms with van der Waals surface area (Å²) >= 11 is 1.59. The lowest BCUT2D eigenvalue weighted by Crippen LogP contribution is -2.26. The molecule has 2 aromatic rings. The molecule has 2 N–H and O–H groups in total. The van der Waals surface area contributed by atoms with Gasteiger partial charge in [-0.05, 0) is 11.1 Å². The minimum Gasteiger partial charge on any atom is -0.395 e. The Balaban J connectivity index is 2.08. The van der Waals surface area contributed by atoms with Crippen molar-refractivity contribution in [3.05, 3.63) is 83.4 Å². The van der Waals surface area contributed by atoms with Gasteiger partial charge in [-0.3, -0.25) is 4.57 Å². The molecular weight excluding hydrogens is 365 g/mol. The summed E-state index contributed by atoms with van der Waals surface area (Å²) in [5.74, 6) is 3.59. The molecule has 1 aliphatic rings. The minimum absolute atomic E-state index is 0.111. The summed E-state index contributed by atoms with van der Waals surface area (Å²) in [5.41, 5.74) is 2.01. The molecule has 0 unspecified atom stereocenters. The fraction of sp³-hybridized carbons (Fsp3) is 0.200. The van der Waals surface area contributed by atoms with Crippen LogP contribution in [-0.4, -0.2) is 41.2 Å². The van der Waals surface area contributed by atoms with Gasteiger partial charge in [0.1, 0.15) is 0 Å². The van der Waals surface area contributed by atoms with E-state index in [9.17, 15) is 14.8 Å². The van der Waals surface area contributed by atoms with Crippen LogP contribution in [0.25, 0.3) is 9.81 Å². The average Bonchev–Trinajstić information content (AvgIpc) is 2.69. The summed E-state index contributed by atoms with van der Waals surface area (Å²) in [4.78, 5) is 1.85. The second kappa shape index (κ2) is 8.85. The van der Waals surface area contributed by atoms with Crippen LogP contribution in [0.4, 0.5) is 0 Å². The Hall–Kier alpha value is -1.62. The van der Waals surface area contributed by atoms with Gasteiger partial charge >= 0.3 is 0 Å². The Morgan fingerprint density at radius 1 is 0.769 bits per heavy atom. The van der Waals surface area contributed by atoms with E-state index < -0.39 is 7.29 Å². The maximum atomic E-state index is 13.8. The van der Waals surface area contributed by atoms with Gasteiger partial charge in [0.25, 0.3) is 0 Å². The Labute approximate surface area is 158 Å². The molecule has 0 amide bonds. The van der Waals surface area contributed by atoms with E-state index in [4.69, 9.17) is 0 Å². The molecule has 0 saturated heterocycles. The standard InChI is InChI=1S/C20H22NO3PS/c22-13-11-21(12-14-23)25(24)15-19(17-7-3-1-4-8-17)26-20(16-25)18-9-5-2-6-10-18/h1-10,15-16,22-23H,11-14H2. The van der Waals surface area contributed by atoms with E-state index in [2.05, 4.69) is 0 Å². The molecule has 2 aromatic carbocycles. The predicted molar refractivity (Wildman–Crippen MR) is 110 cm³/mol. The van der Waals surface area contributed by atoms with E-state index in [1.54, 1.807) is 28.1 Å². The molecule has 26 heavy (non-hydrogen) atoms. The highest BCUT2D eigenvalue weighted by Gasteiger charge is 2.31. The monoisotopic (exact) mass is 387 g/mol. The highest BCUT2D eigenvalue weighted by atomic mass is 32.2. The molecule has 0 aromatic heterocycles. The maximum absolute atomic E-state index is 13.8. The first kappa shape index (κ1) is 19.2. The first-order valence-electron chi connectivity index (χ1n) is 8.47. The average molecular weight is 387 g/mol. The van der Waals surface area contributed by atoms with Gasteiger partial charge in [-0.1, -0.05) is 72.4 Å². The first-order chi connectivity index (χ1) is 12.7. The van der Waals surface area contributed by atoms with Crippen LogP contribution in [0, 0.1) is 0 Å². The van der Waals surface area contributed by atoms with Crippen molar-refractivity contribution in [2.45, 2.75) is 0 Å². The third kappa shape index (κ3) is 4.37. The molecule has 4 nitrogen and oxygen atoms in total. The zero-order valence-corrected chi connectivity index (χ0v) is 16.1. The summed E-state index contributed by atoms with van der Waals surface area (Å²) in [7, 11) is -3.03. The lowest BCUT2D eigenvalue weighted by atomic mass is 10.2. The van der Waals surface area contributed by atoms with Crippen molar-refractivity contribution in [2.24, 2.45) is 0 Å². The topological polar surface area (TPSA) is 60.8 Å². The molecular formula is C20H22NO3PS. The second-order valence-electron chi connectivity index (χ2n) is 5.89. The van der Waals surface area contributed by atoms with Crippen LogP contribution in [0.3, 0.4) is 0 Å². The van der Waals surface area contributed by atoms with Gasteiger partial charge in [0, 0.05) is 34.5 Å².